The van der Waals surface area contributed by atoms with Crippen molar-refractivity contribution in [2.75, 3.05) is 33.3 Å². The largest absolute Gasteiger partial charge is 0.374 e. The maximum atomic E-state index is 12.2. The van der Waals surface area contributed by atoms with Crippen LogP contribution in [0.25, 0.3) is 0 Å². The third-order valence-electron chi connectivity index (χ3n) is 2.73. The number of nitrogens with zero attached hydrogens (tertiary/aromatic N) is 2. The Bertz CT molecular complexity index is 494. The van der Waals surface area contributed by atoms with Crippen LogP contribution < -0.4 is 5.32 Å². The molecular weight excluding hydrogens is 274 g/mol. The highest BCUT2D eigenvalue weighted by molar-refractivity contribution is 7.91. The first-order valence-corrected chi connectivity index (χ1v) is 7.97. The number of nitrogens with one attached hydrogen (secondary N) is 1. The van der Waals surface area contributed by atoms with Gasteiger partial charge in [0.25, 0.3) is 10.0 Å². The van der Waals surface area contributed by atoms with Gasteiger partial charge in [-0.15, -0.1) is 11.3 Å². The molecule has 1 aromatic heterocycles. The maximum absolute atomic E-state index is 12.2. The second-order valence-electron chi connectivity index (χ2n) is 4.18. The summed E-state index contributed by atoms with van der Waals surface area (Å²) < 4.78 is 31.6. The Kier molecular flexibility index (Phi) is 4.33. The van der Waals surface area contributed by atoms with E-state index in [2.05, 4.69) is 10.3 Å². The molecule has 0 aliphatic carbocycles. The van der Waals surface area contributed by atoms with Gasteiger partial charge in [-0.25, -0.2) is 13.4 Å². The summed E-state index contributed by atoms with van der Waals surface area (Å²) in [5.74, 6) is 0. The molecule has 6 nitrogen and oxygen atoms in total. The Hall–Kier alpha value is -0.540. The molecule has 8 heteroatoms. The molecule has 0 radical (unpaired) electrons. The summed E-state index contributed by atoms with van der Waals surface area (Å²) in [4.78, 5) is 3.98. The van der Waals surface area contributed by atoms with E-state index in [0.717, 1.165) is 11.6 Å². The summed E-state index contributed by atoms with van der Waals surface area (Å²) in [6, 6.07) is 0. The average Bonchev–Trinajstić information content (AvgIpc) is 2.78. The summed E-state index contributed by atoms with van der Waals surface area (Å²) in [6.45, 7) is 4.27. The lowest BCUT2D eigenvalue weighted by molar-refractivity contribution is 0.0206. The van der Waals surface area contributed by atoms with Gasteiger partial charge in [-0.05, 0) is 6.92 Å². The zero-order chi connectivity index (χ0) is 13.2. The highest BCUT2D eigenvalue weighted by atomic mass is 32.2. The molecule has 1 N–H and O–H groups in total. The third-order valence-corrected chi connectivity index (χ3v) is 5.90. The normalized spacial score (nSPS) is 21.4. The molecule has 0 saturated carbocycles. The Morgan fingerprint density at radius 3 is 3.00 bits per heavy atom. The van der Waals surface area contributed by atoms with Crippen LogP contribution in [0.15, 0.2) is 10.4 Å². The molecule has 1 aliphatic rings. The van der Waals surface area contributed by atoms with Gasteiger partial charge in [-0.1, -0.05) is 0 Å². The quantitative estimate of drug-likeness (QED) is 0.849. The number of likely N-dealkylation sites (N-methyl/N-ethyl adjacent to an activating group) is 1. The molecule has 1 aromatic rings. The maximum Gasteiger partial charge on any atom is 0.254 e. The van der Waals surface area contributed by atoms with Crippen LogP contribution in [0.2, 0.25) is 0 Å². The molecule has 0 spiro atoms. The summed E-state index contributed by atoms with van der Waals surface area (Å²) in [5, 5.41) is 3.93. The van der Waals surface area contributed by atoms with Crippen LogP contribution in [0.1, 0.15) is 5.01 Å². The van der Waals surface area contributed by atoms with Crippen molar-refractivity contribution in [1.82, 2.24) is 14.6 Å². The molecular formula is C10H17N3O3S2. The van der Waals surface area contributed by atoms with E-state index in [1.807, 2.05) is 0 Å². The number of aryl methyl sites for hydroxylation is 1. The minimum atomic E-state index is -3.44. The predicted molar refractivity (Wildman–Crippen MR) is 69.3 cm³/mol. The van der Waals surface area contributed by atoms with E-state index in [4.69, 9.17) is 4.74 Å². The Balaban J connectivity index is 2.05. The first kappa shape index (κ1) is 13.9. The van der Waals surface area contributed by atoms with E-state index in [1.165, 1.54) is 21.8 Å². The van der Waals surface area contributed by atoms with E-state index in [0.29, 0.717) is 19.7 Å². The van der Waals surface area contributed by atoms with Crippen LogP contribution in [0.4, 0.5) is 0 Å². The van der Waals surface area contributed by atoms with Crippen molar-refractivity contribution in [2.24, 2.45) is 0 Å². The molecule has 0 aromatic carbocycles. The van der Waals surface area contributed by atoms with E-state index in [1.54, 1.807) is 14.0 Å². The molecule has 18 heavy (non-hydrogen) atoms. The average molecular weight is 291 g/mol. The van der Waals surface area contributed by atoms with Crippen LogP contribution >= 0.6 is 11.3 Å². The molecule has 2 rings (SSSR count). The topological polar surface area (TPSA) is 71.5 Å². The zero-order valence-corrected chi connectivity index (χ0v) is 12.1. The van der Waals surface area contributed by atoms with E-state index >= 15 is 0 Å². The lowest BCUT2D eigenvalue weighted by atomic mass is 10.3. The third kappa shape index (κ3) is 3.07. The van der Waals surface area contributed by atoms with Gasteiger partial charge < -0.3 is 10.1 Å². The van der Waals surface area contributed by atoms with Gasteiger partial charge in [0.15, 0.2) is 4.21 Å². The van der Waals surface area contributed by atoms with Gasteiger partial charge in [-0.2, -0.15) is 4.31 Å². The fourth-order valence-electron chi connectivity index (χ4n) is 1.74. The predicted octanol–water partition coefficient (Wildman–Crippen LogP) is 0.0604. The standard InChI is InChI=1S/C10H17N3O3S2/c1-8-12-6-10(17-8)18(14,15)13(2)7-9-5-11-3-4-16-9/h6,9,11H,3-5,7H2,1-2H3. The second kappa shape index (κ2) is 5.62. The fraction of sp³-hybridized carbons (Fsp3) is 0.700. The molecule has 1 aliphatic heterocycles. The number of sulfonamides is 1. The number of hydrogen-bond donors (Lipinski definition) is 1. The highest BCUT2D eigenvalue weighted by Crippen LogP contribution is 2.21. The van der Waals surface area contributed by atoms with Crippen molar-refractivity contribution in [3.05, 3.63) is 11.2 Å². The van der Waals surface area contributed by atoms with Gasteiger partial charge in [0.2, 0.25) is 0 Å². The SMILES string of the molecule is Cc1ncc(S(=O)(=O)N(C)CC2CNCCO2)s1. The molecule has 1 atom stereocenters. The minimum Gasteiger partial charge on any atom is -0.374 e. The van der Waals surface area contributed by atoms with Crippen molar-refractivity contribution in [3.63, 3.8) is 0 Å². The van der Waals surface area contributed by atoms with Gasteiger partial charge in [0.05, 0.1) is 23.9 Å². The van der Waals surface area contributed by atoms with Crippen molar-refractivity contribution >= 4 is 21.4 Å². The van der Waals surface area contributed by atoms with Crippen molar-refractivity contribution in [1.29, 1.82) is 0 Å². The fourth-order valence-corrected chi connectivity index (χ4v) is 4.26. The smallest absolute Gasteiger partial charge is 0.254 e. The molecule has 1 fully saturated rings. The second-order valence-corrected chi connectivity index (χ2v) is 7.69. The number of rotatable bonds is 4. The van der Waals surface area contributed by atoms with Crippen molar-refractivity contribution < 1.29 is 13.2 Å². The van der Waals surface area contributed by atoms with Crippen LogP contribution in [0.3, 0.4) is 0 Å². The van der Waals surface area contributed by atoms with Crippen LogP contribution in [0.5, 0.6) is 0 Å². The first-order valence-electron chi connectivity index (χ1n) is 5.71. The van der Waals surface area contributed by atoms with E-state index in [9.17, 15) is 8.42 Å². The van der Waals surface area contributed by atoms with Crippen molar-refractivity contribution in [2.45, 2.75) is 17.2 Å². The van der Waals surface area contributed by atoms with Crippen LogP contribution in [0, 0.1) is 6.92 Å². The Morgan fingerprint density at radius 2 is 2.44 bits per heavy atom. The summed E-state index contributed by atoms with van der Waals surface area (Å²) in [7, 11) is -1.86. The number of thiazole rings is 1. The summed E-state index contributed by atoms with van der Waals surface area (Å²) in [5.41, 5.74) is 0. The molecule has 0 amide bonds. The number of aromatic nitrogens is 1. The van der Waals surface area contributed by atoms with Crippen LogP contribution in [-0.2, 0) is 14.8 Å². The molecule has 2 heterocycles. The lowest BCUT2D eigenvalue weighted by Gasteiger charge is -2.27. The van der Waals surface area contributed by atoms with Gasteiger partial charge in [0, 0.05) is 26.7 Å². The van der Waals surface area contributed by atoms with Gasteiger partial charge in [-0.3, -0.25) is 0 Å². The lowest BCUT2D eigenvalue weighted by Crippen LogP contribution is -2.45. The monoisotopic (exact) mass is 291 g/mol. The number of hydrogen-bond acceptors (Lipinski definition) is 6. The van der Waals surface area contributed by atoms with Crippen molar-refractivity contribution in [3.8, 4) is 0 Å². The summed E-state index contributed by atoms with van der Waals surface area (Å²) >= 11 is 1.19. The first-order chi connectivity index (χ1) is 8.50. The molecule has 1 saturated heterocycles. The van der Waals surface area contributed by atoms with Crippen LogP contribution in [-0.4, -0.2) is 57.1 Å². The van der Waals surface area contributed by atoms with Gasteiger partial charge >= 0.3 is 0 Å². The number of morpholine rings is 1. The minimum absolute atomic E-state index is 0.0902. The van der Waals surface area contributed by atoms with Gasteiger partial charge in [0.1, 0.15) is 0 Å². The number of ether oxygens (including phenoxy) is 1. The highest BCUT2D eigenvalue weighted by Gasteiger charge is 2.26. The molecule has 102 valence electrons. The van der Waals surface area contributed by atoms with E-state index < -0.39 is 10.0 Å². The molecule has 0 bridgehead atoms. The van der Waals surface area contributed by atoms with E-state index in [-0.39, 0.29) is 10.3 Å². The molecule has 1 unspecified atom stereocenters. The summed E-state index contributed by atoms with van der Waals surface area (Å²) in [6.07, 6.45) is 1.32. The Morgan fingerprint density at radius 1 is 1.67 bits per heavy atom. The zero-order valence-electron chi connectivity index (χ0n) is 10.4. The Labute approximate surface area is 111 Å².